The van der Waals surface area contributed by atoms with E-state index < -0.39 is 8.56 Å². The van der Waals surface area contributed by atoms with Gasteiger partial charge in [0.15, 0.2) is 5.78 Å². The van der Waals surface area contributed by atoms with Crippen LogP contribution >= 0.6 is 0 Å². The molecule has 1 atom stereocenters. The van der Waals surface area contributed by atoms with Crippen LogP contribution in [0.1, 0.15) is 26.7 Å². The van der Waals surface area contributed by atoms with Gasteiger partial charge in [-0.3, -0.25) is 4.79 Å². The zero-order chi connectivity index (χ0) is 17.1. The van der Waals surface area contributed by atoms with Gasteiger partial charge < -0.3 is 14.2 Å². The van der Waals surface area contributed by atoms with Gasteiger partial charge in [-0.15, -0.1) is 0 Å². The Morgan fingerprint density at radius 2 is 1.96 bits per heavy atom. The van der Waals surface area contributed by atoms with E-state index in [1.165, 1.54) is 0 Å². The molecule has 1 aromatic carbocycles. The van der Waals surface area contributed by atoms with Crippen LogP contribution in [0.25, 0.3) is 0 Å². The Kier molecular flexibility index (Phi) is 9.02. The molecule has 0 aliphatic heterocycles. The summed E-state index contributed by atoms with van der Waals surface area (Å²) in [5.41, 5.74) is 0.576. The van der Waals surface area contributed by atoms with Gasteiger partial charge in [0.25, 0.3) is 0 Å². The van der Waals surface area contributed by atoms with Crippen LogP contribution in [0.15, 0.2) is 42.5 Å². The molecule has 0 spiro atoms. The molecule has 1 unspecified atom stereocenters. The van der Waals surface area contributed by atoms with E-state index in [-0.39, 0.29) is 5.78 Å². The molecule has 0 radical (unpaired) electrons. The van der Waals surface area contributed by atoms with Gasteiger partial charge in [-0.05, 0) is 50.7 Å². The monoisotopic (exact) mass is 335 g/mol. The number of hydrogen-bond donors (Lipinski definition) is 1. The quantitative estimate of drug-likeness (QED) is 0.362. The fraction of sp³-hybridized carbons (Fsp3) is 0.500. The van der Waals surface area contributed by atoms with Crippen LogP contribution in [0.4, 0.5) is 0 Å². The normalized spacial score (nSPS) is 13.5. The summed E-state index contributed by atoms with van der Waals surface area (Å²) < 4.78 is 12.4. The van der Waals surface area contributed by atoms with Crippen molar-refractivity contribution in [2.75, 3.05) is 26.8 Å². The largest absolute Gasteiger partial charge is 0.391 e. The zero-order valence-electron chi connectivity index (χ0n) is 14.6. The van der Waals surface area contributed by atoms with Gasteiger partial charge in [0, 0.05) is 19.6 Å². The molecule has 0 heterocycles. The summed E-state index contributed by atoms with van der Waals surface area (Å²) in [5.74, 6) is 0.0488. The summed E-state index contributed by atoms with van der Waals surface area (Å²) in [6.45, 7) is 9.33. The number of rotatable bonds is 12. The van der Waals surface area contributed by atoms with E-state index in [0.717, 1.165) is 24.2 Å². The maximum absolute atomic E-state index is 11.8. The summed E-state index contributed by atoms with van der Waals surface area (Å²) in [5, 5.41) is 4.29. The second-order valence-corrected chi connectivity index (χ2v) is 8.72. The van der Waals surface area contributed by atoms with Gasteiger partial charge in [-0.25, -0.2) is 0 Å². The molecule has 1 aromatic rings. The van der Waals surface area contributed by atoms with Crippen LogP contribution in [0, 0.1) is 0 Å². The Balaban J connectivity index is 2.88. The van der Waals surface area contributed by atoms with Gasteiger partial charge in [0.2, 0.25) is 0 Å². The highest BCUT2D eigenvalue weighted by Gasteiger charge is 2.39. The average molecular weight is 336 g/mol. The fourth-order valence-electron chi connectivity index (χ4n) is 2.44. The number of benzene rings is 1. The van der Waals surface area contributed by atoms with Crippen LogP contribution in [-0.2, 0) is 13.6 Å². The van der Waals surface area contributed by atoms with E-state index in [1.807, 2.05) is 32.2 Å². The molecule has 4 nitrogen and oxygen atoms in total. The van der Waals surface area contributed by atoms with Crippen molar-refractivity contribution in [3.63, 3.8) is 0 Å². The molecule has 1 rings (SSSR count). The lowest BCUT2D eigenvalue weighted by Gasteiger charge is -2.31. The first-order valence-electron chi connectivity index (χ1n) is 8.22. The first-order chi connectivity index (χ1) is 11.1. The van der Waals surface area contributed by atoms with Crippen molar-refractivity contribution in [1.29, 1.82) is 0 Å². The van der Waals surface area contributed by atoms with E-state index in [9.17, 15) is 4.79 Å². The maximum atomic E-state index is 11.8. The van der Waals surface area contributed by atoms with Crippen LogP contribution < -0.4 is 10.5 Å². The number of carbonyl (C=O) groups is 1. The minimum Gasteiger partial charge on any atom is -0.391 e. The van der Waals surface area contributed by atoms with Gasteiger partial charge in [-0.2, -0.15) is 0 Å². The van der Waals surface area contributed by atoms with E-state index in [4.69, 9.17) is 8.85 Å². The van der Waals surface area contributed by atoms with Crippen molar-refractivity contribution >= 4 is 19.5 Å². The van der Waals surface area contributed by atoms with Crippen molar-refractivity contribution in [1.82, 2.24) is 5.32 Å². The fourth-order valence-corrected chi connectivity index (χ4v) is 5.68. The second kappa shape index (κ2) is 10.5. The Hall–Kier alpha value is -1.27. The first kappa shape index (κ1) is 19.8. The highest BCUT2D eigenvalue weighted by atomic mass is 28.4. The SMILES string of the molecule is C=C(C)C(=O)CCO[Si](CCCNC)(OCC)c1ccccc1. The van der Waals surface area contributed by atoms with Gasteiger partial charge in [0.05, 0.1) is 0 Å². The molecule has 0 aliphatic carbocycles. The molecule has 0 bridgehead atoms. The predicted molar refractivity (Wildman–Crippen MR) is 97.2 cm³/mol. The van der Waals surface area contributed by atoms with Crippen molar-refractivity contribution in [2.24, 2.45) is 0 Å². The van der Waals surface area contributed by atoms with Crippen molar-refractivity contribution in [2.45, 2.75) is 32.7 Å². The molecule has 0 saturated carbocycles. The van der Waals surface area contributed by atoms with E-state index >= 15 is 0 Å². The Morgan fingerprint density at radius 1 is 1.26 bits per heavy atom. The maximum Gasteiger partial charge on any atom is 0.372 e. The topological polar surface area (TPSA) is 47.6 Å². The lowest BCUT2D eigenvalue weighted by atomic mass is 10.2. The van der Waals surface area contributed by atoms with Crippen molar-refractivity contribution < 1.29 is 13.6 Å². The van der Waals surface area contributed by atoms with Crippen LogP contribution in [-0.4, -0.2) is 41.2 Å². The lowest BCUT2D eigenvalue weighted by molar-refractivity contribution is -0.116. The van der Waals surface area contributed by atoms with Gasteiger partial charge in [-0.1, -0.05) is 36.9 Å². The molecular weight excluding hydrogens is 306 g/mol. The van der Waals surface area contributed by atoms with E-state index in [0.29, 0.717) is 25.2 Å². The van der Waals surface area contributed by atoms with Gasteiger partial charge in [0.1, 0.15) is 0 Å². The highest BCUT2D eigenvalue weighted by Crippen LogP contribution is 2.17. The third kappa shape index (κ3) is 6.39. The third-order valence-corrected chi connectivity index (χ3v) is 7.31. The molecule has 0 amide bonds. The molecule has 0 fully saturated rings. The average Bonchev–Trinajstić information content (AvgIpc) is 2.55. The predicted octanol–water partition coefficient (Wildman–Crippen LogP) is 2.53. The van der Waals surface area contributed by atoms with Crippen LogP contribution in [0.3, 0.4) is 0 Å². The number of Topliss-reactive ketones (excluding diaryl/α,β-unsaturated/α-hetero) is 1. The number of hydrogen-bond acceptors (Lipinski definition) is 4. The van der Waals surface area contributed by atoms with Crippen LogP contribution in [0.5, 0.6) is 0 Å². The molecular formula is C18H29NO3Si. The highest BCUT2D eigenvalue weighted by molar-refractivity contribution is 6.81. The van der Waals surface area contributed by atoms with Crippen molar-refractivity contribution in [3.05, 3.63) is 42.5 Å². The summed E-state index contributed by atoms with van der Waals surface area (Å²) >= 11 is 0. The molecule has 23 heavy (non-hydrogen) atoms. The molecule has 128 valence electrons. The Morgan fingerprint density at radius 3 is 2.52 bits per heavy atom. The summed E-state index contributed by atoms with van der Waals surface area (Å²) in [6.07, 6.45) is 1.34. The summed E-state index contributed by atoms with van der Waals surface area (Å²) in [4.78, 5) is 11.8. The number of ketones is 1. The number of allylic oxidation sites excluding steroid dienone is 1. The second-order valence-electron chi connectivity index (χ2n) is 5.56. The van der Waals surface area contributed by atoms with E-state index in [1.54, 1.807) is 6.92 Å². The summed E-state index contributed by atoms with van der Waals surface area (Å²) in [7, 11) is -0.589. The summed E-state index contributed by atoms with van der Waals surface area (Å²) in [6, 6.07) is 11.0. The van der Waals surface area contributed by atoms with E-state index in [2.05, 4.69) is 24.0 Å². The molecule has 0 aliphatic rings. The zero-order valence-corrected chi connectivity index (χ0v) is 15.6. The smallest absolute Gasteiger partial charge is 0.372 e. The van der Waals surface area contributed by atoms with Crippen molar-refractivity contribution in [3.8, 4) is 0 Å². The van der Waals surface area contributed by atoms with Crippen LogP contribution in [0.2, 0.25) is 6.04 Å². The molecule has 0 saturated heterocycles. The molecule has 0 aromatic heterocycles. The third-order valence-electron chi connectivity index (χ3n) is 3.66. The Labute approximate surface area is 141 Å². The van der Waals surface area contributed by atoms with Gasteiger partial charge >= 0.3 is 8.56 Å². The lowest BCUT2D eigenvalue weighted by Crippen LogP contribution is -2.54. The Bertz CT molecular complexity index is 492. The number of nitrogens with one attached hydrogen (secondary N) is 1. The minimum absolute atomic E-state index is 0.0488. The standard InChI is InChI=1S/C18H29NO3Si/c1-5-21-23(15-9-13-19-4,17-10-7-6-8-11-17)22-14-12-18(20)16(2)3/h6-8,10-11,19H,2,5,9,12-15H2,1,3-4H3. The molecule has 5 heteroatoms. The minimum atomic E-state index is -2.53. The first-order valence-corrected chi connectivity index (χ1v) is 10.2. The number of carbonyl (C=O) groups excluding carboxylic acids is 1. The molecule has 1 N–H and O–H groups in total.